The van der Waals surface area contributed by atoms with Crippen LogP contribution in [0, 0.1) is 5.41 Å². The summed E-state index contributed by atoms with van der Waals surface area (Å²) in [6.45, 7) is 0.438. The molecule has 0 radical (unpaired) electrons. The van der Waals surface area contributed by atoms with E-state index in [1.165, 1.54) is 11.1 Å². The third-order valence-corrected chi connectivity index (χ3v) is 3.21. The van der Waals surface area contributed by atoms with Crippen molar-refractivity contribution >= 4 is 5.97 Å². The smallest absolute Gasteiger partial charge is 0.303 e. The van der Waals surface area contributed by atoms with Gasteiger partial charge in [0.25, 0.3) is 0 Å². The summed E-state index contributed by atoms with van der Waals surface area (Å²) >= 11 is 0. The third kappa shape index (κ3) is 1.88. The van der Waals surface area contributed by atoms with E-state index >= 15 is 0 Å². The summed E-state index contributed by atoms with van der Waals surface area (Å²) in [7, 11) is 0. The standard InChI is InChI=1S/C12H15NO2/c13-8-12(7-11(14)15)5-9-3-1-2-4-10(9)6-12/h1-4H,5-8,13H2,(H,14,15). The van der Waals surface area contributed by atoms with Gasteiger partial charge in [0, 0.05) is 5.41 Å². The first-order valence-electron chi connectivity index (χ1n) is 5.14. The first-order chi connectivity index (χ1) is 7.15. The second kappa shape index (κ2) is 3.66. The molecule has 1 aliphatic carbocycles. The molecule has 0 spiro atoms. The average Bonchev–Trinajstić information content (AvgIpc) is 2.55. The largest absolute Gasteiger partial charge is 0.481 e. The lowest BCUT2D eigenvalue weighted by atomic mass is 9.81. The minimum atomic E-state index is -0.756. The van der Waals surface area contributed by atoms with Gasteiger partial charge in [-0.3, -0.25) is 4.79 Å². The number of carbonyl (C=O) groups is 1. The van der Waals surface area contributed by atoms with Crippen LogP contribution in [-0.2, 0) is 17.6 Å². The van der Waals surface area contributed by atoms with Crippen molar-refractivity contribution < 1.29 is 9.90 Å². The van der Waals surface area contributed by atoms with Gasteiger partial charge in [-0.1, -0.05) is 24.3 Å². The third-order valence-electron chi connectivity index (χ3n) is 3.21. The van der Waals surface area contributed by atoms with Gasteiger partial charge < -0.3 is 10.8 Å². The molecule has 3 nitrogen and oxygen atoms in total. The average molecular weight is 205 g/mol. The van der Waals surface area contributed by atoms with Crippen LogP contribution in [0.5, 0.6) is 0 Å². The van der Waals surface area contributed by atoms with E-state index in [1.807, 2.05) is 12.1 Å². The number of carboxylic acids is 1. The van der Waals surface area contributed by atoms with Crippen molar-refractivity contribution in [2.24, 2.45) is 11.1 Å². The Morgan fingerprint density at radius 1 is 1.33 bits per heavy atom. The predicted octanol–water partition coefficient (Wildman–Crippen LogP) is 1.20. The molecule has 3 N–H and O–H groups in total. The lowest BCUT2D eigenvalue weighted by molar-refractivity contribution is -0.139. The molecule has 80 valence electrons. The summed E-state index contributed by atoms with van der Waals surface area (Å²) in [5.41, 5.74) is 7.99. The SMILES string of the molecule is NCC1(CC(=O)O)Cc2ccccc2C1. The van der Waals surface area contributed by atoms with Gasteiger partial charge >= 0.3 is 5.97 Å². The number of hydrogen-bond acceptors (Lipinski definition) is 2. The number of benzene rings is 1. The van der Waals surface area contributed by atoms with Gasteiger partial charge in [0.05, 0.1) is 6.42 Å². The lowest BCUT2D eigenvalue weighted by Gasteiger charge is -2.24. The Labute approximate surface area is 88.9 Å². The van der Waals surface area contributed by atoms with E-state index in [0.717, 1.165) is 12.8 Å². The Bertz CT molecular complexity index is 362. The van der Waals surface area contributed by atoms with Crippen molar-refractivity contribution in [1.82, 2.24) is 0 Å². The lowest BCUT2D eigenvalue weighted by Crippen LogP contribution is -2.33. The van der Waals surface area contributed by atoms with Crippen LogP contribution in [0.3, 0.4) is 0 Å². The maximum Gasteiger partial charge on any atom is 0.303 e. The van der Waals surface area contributed by atoms with E-state index in [2.05, 4.69) is 12.1 Å². The molecule has 0 saturated carbocycles. The highest BCUT2D eigenvalue weighted by atomic mass is 16.4. The second-order valence-corrected chi connectivity index (χ2v) is 4.40. The van der Waals surface area contributed by atoms with Crippen molar-refractivity contribution in [3.8, 4) is 0 Å². The normalized spacial score (nSPS) is 17.4. The molecule has 0 bridgehead atoms. The number of rotatable bonds is 3. The molecule has 0 aromatic heterocycles. The van der Waals surface area contributed by atoms with Gasteiger partial charge in [-0.05, 0) is 30.5 Å². The molecule has 2 rings (SSSR count). The van der Waals surface area contributed by atoms with Crippen LogP contribution in [0.15, 0.2) is 24.3 Å². The number of carboxylic acid groups (broad SMARTS) is 1. The molecule has 1 aliphatic rings. The van der Waals surface area contributed by atoms with Crippen LogP contribution >= 0.6 is 0 Å². The van der Waals surface area contributed by atoms with Crippen molar-refractivity contribution in [2.75, 3.05) is 6.54 Å². The summed E-state index contributed by atoms with van der Waals surface area (Å²) in [4.78, 5) is 10.8. The number of aliphatic carboxylic acids is 1. The van der Waals surface area contributed by atoms with Crippen molar-refractivity contribution in [1.29, 1.82) is 0 Å². The maximum absolute atomic E-state index is 10.8. The van der Waals surface area contributed by atoms with Gasteiger partial charge in [0.2, 0.25) is 0 Å². The highest BCUT2D eigenvalue weighted by Gasteiger charge is 2.37. The minimum absolute atomic E-state index is 0.165. The molecule has 0 aliphatic heterocycles. The summed E-state index contributed by atoms with van der Waals surface area (Å²) in [5, 5.41) is 8.89. The Morgan fingerprint density at radius 2 is 1.87 bits per heavy atom. The number of nitrogens with two attached hydrogens (primary N) is 1. The van der Waals surface area contributed by atoms with Crippen molar-refractivity contribution in [2.45, 2.75) is 19.3 Å². The molecule has 1 aromatic carbocycles. The molecule has 0 unspecified atom stereocenters. The Kier molecular flexibility index (Phi) is 2.49. The van der Waals surface area contributed by atoms with Crippen LogP contribution in [0.25, 0.3) is 0 Å². The van der Waals surface area contributed by atoms with Crippen LogP contribution in [0.4, 0.5) is 0 Å². The Morgan fingerprint density at radius 3 is 2.27 bits per heavy atom. The minimum Gasteiger partial charge on any atom is -0.481 e. The van der Waals surface area contributed by atoms with Crippen LogP contribution in [-0.4, -0.2) is 17.6 Å². The van der Waals surface area contributed by atoms with Crippen LogP contribution < -0.4 is 5.73 Å². The Balaban J connectivity index is 2.25. The molecular weight excluding hydrogens is 190 g/mol. The van der Waals surface area contributed by atoms with Crippen molar-refractivity contribution in [3.05, 3.63) is 35.4 Å². The van der Waals surface area contributed by atoms with E-state index < -0.39 is 5.97 Å². The fourth-order valence-corrected chi connectivity index (χ4v) is 2.44. The van der Waals surface area contributed by atoms with Crippen LogP contribution in [0.2, 0.25) is 0 Å². The van der Waals surface area contributed by atoms with Gasteiger partial charge in [0.15, 0.2) is 0 Å². The zero-order chi connectivity index (χ0) is 10.9. The molecule has 0 amide bonds. The molecule has 0 saturated heterocycles. The van der Waals surface area contributed by atoms with Gasteiger partial charge in [-0.15, -0.1) is 0 Å². The van der Waals surface area contributed by atoms with Crippen LogP contribution in [0.1, 0.15) is 17.5 Å². The van der Waals surface area contributed by atoms with E-state index in [9.17, 15) is 4.79 Å². The fraction of sp³-hybridized carbons (Fsp3) is 0.417. The highest BCUT2D eigenvalue weighted by Crippen LogP contribution is 2.38. The zero-order valence-electron chi connectivity index (χ0n) is 8.57. The molecular formula is C12H15NO2. The van der Waals surface area contributed by atoms with Gasteiger partial charge in [0.1, 0.15) is 0 Å². The summed E-state index contributed by atoms with van der Waals surface area (Å²) in [6, 6.07) is 8.11. The van der Waals surface area contributed by atoms with Gasteiger partial charge in [-0.25, -0.2) is 0 Å². The van der Waals surface area contributed by atoms with E-state index in [-0.39, 0.29) is 11.8 Å². The quantitative estimate of drug-likeness (QED) is 0.779. The Hall–Kier alpha value is -1.35. The molecule has 15 heavy (non-hydrogen) atoms. The summed E-state index contributed by atoms with van der Waals surface area (Å²) in [6.07, 6.45) is 1.76. The van der Waals surface area contributed by atoms with E-state index in [0.29, 0.717) is 6.54 Å². The molecule has 0 atom stereocenters. The first kappa shape index (κ1) is 10.2. The zero-order valence-corrected chi connectivity index (χ0v) is 8.57. The van der Waals surface area contributed by atoms with Crippen molar-refractivity contribution in [3.63, 3.8) is 0 Å². The molecule has 0 fully saturated rings. The highest BCUT2D eigenvalue weighted by molar-refractivity contribution is 5.68. The number of hydrogen-bond donors (Lipinski definition) is 2. The van der Waals surface area contributed by atoms with E-state index in [4.69, 9.17) is 10.8 Å². The monoisotopic (exact) mass is 205 g/mol. The van der Waals surface area contributed by atoms with E-state index in [1.54, 1.807) is 0 Å². The molecule has 1 aromatic rings. The van der Waals surface area contributed by atoms with Gasteiger partial charge in [-0.2, -0.15) is 0 Å². The molecule has 3 heteroatoms. The summed E-state index contributed by atoms with van der Waals surface area (Å²) in [5.74, 6) is -0.756. The maximum atomic E-state index is 10.8. The first-order valence-corrected chi connectivity index (χ1v) is 5.14. The summed E-state index contributed by atoms with van der Waals surface area (Å²) < 4.78 is 0. The fourth-order valence-electron chi connectivity index (χ4n) is 2.44. The predicted molar refractivity (Wildman–Crippen MR) is 57.6 cm³/mol. The topological polar surface area (TPSA) is 63.3 Å². The second-order valence-electron chi connectivity index (χ2n) is 4.40. The molecule has 0 heterocycles. The number of fused-ring (bicyclic) bond motifs is 1.